The summed E-state index contributed by atoms with van der Waals surface area (Å²) in [5.41, 5.74) is 3.84. The Morgan fingerprint density at radius 2 is 1.85 bits per heavy atom. The number of halogens is 2. The van der Waals surface area contributed by atoms with Crippen LogP contribution < -0.4 is 10.2 Å². The number of benzene rings is 2. The molecule has 0 spiro atoms. The Morgan fingerprint density at radius 1 is 1.11 bits per heavy atom. The Hall–Kier alpha value is -2.76. The van der Waals surface area contributed by atoms with E-state index in [0.717, 1.165) is 29.0 Å². The van der Waals surface area contributed by atoms with E-state index in [1.54, 1.807) is 31.3 Å². The van der Waals surface area contributed by atoms with E-state index in [9.17, 15) is 9.59 Å². The van der Waals surface area contributed by atoms with Crippen LogP contribution >= 0.6 is 23.2 Å². The highest BCUT2D eigenvalue weighted by molar-refractivity contribution is 6.34. The minimum Gasteiger partial charge on any atom is -0.325 e. The fourth-order valence-electron chi connectivity index (χ4n) is 3.37. The lowest BCUT2D eigenvalue weighted by Gasteiger charge is -2.17. The third-order valence-electron chi connectivity index (χ3n) is 4.63. The van der Waals surface area contributed by atoms with Gasteiger partial charge in [-0.1, -0.05) is 23.2 Å². The molecule has 0 aliphatic carbocycles. The lowest BCUT2D eigenvalue weighted by molar-refractivity contribution is -0.116. The van der Waals surface area contributed by atoms with Crippen LogP contribution in [0.4, 0.5) is 11.4 Å². The van der Waals surface area contributed by atoms with Crippen molar-refractivity contribution < 1.29 is 9.59 Å². The maximum atomic E-state index is 12.7. The first kappa shape index (κ1) is 17.6. The zero-order valence-corrected chi connectivity index (χ0v) is 15.8. The van der Waals surface area contributed by atoms with Crippen molar-refractivity contribution in [3.63, 3.8) is 0 Å². The van der Waals surface area contributed by atoms with Gasteiger partial charge in [0.2, 0.25) is 12.3 Å². The van der Waals surface area contributed by atoms with Crippen molar-refractivity contribution in [1.82, 2.24) is 4.57 Å². The van der Waals surface area contributed by atoms with Crippen molar-refractivity contribution in [2.45, 2.75) is 5.92 Å². The first-order chi connectivity index (χ1) is 13.0. The van der Waals surface area contributed by atoms with E-state index in [0.29, 0.717) is 15.7 Å². The van der Waals surface area contributed by atoms with Crippen LogP contribution in [0.15, 0.2) is 54.7 Å². The molecule has 0 saturated heterocycles. The topological polar surface area (TPSA) is 54.3 Å². The molecular formula is C20H15Cl2N3O2. The summed E-state index contributed by atoms with van der Waals surface area (Å²) in [6.45, 7) is 0. The largest absolute Gasteiger partial charge is 0.325 e. The molecule has 0 saturated carbocycles. The first-order valence-corrected chi connectivity index (χ1v) is 9.00. The smallest absolute Gasteiger partial charge is 0.238 e. The molecule has 1 N–H and O–H groups in total. The Balaban J connectivity index is 1.84. The third kappa shape index (κ3) is 3.09. The molecule has 2 amide bonds. The van der Waals surface area contributed by atoms with Crippen LogP contribution in [-0.4, -0.2) is 23.9 Å². The summed E-state index contributed by atoms with van der Waals surface area (Å²) in [7, 11) is 1.67. The number of carbonyl (C=O) groups excluding carboxylic acids is 2. The number of rotatable bonds is 4. The number of amides is 2. The van der Waals surface area contributed by atoms with Crippen LogP contribution in [0.1, 0.15) is 17.2 Å². The van der Waals surface area contributed by atoms with Crippen LogP contribution in [0, 0.1) is 0 Å². The number of carbonyl (C=O) groups is 2. The molecule has 1 aliphatic rings. The highest BCUT2D eigenvalue weighted by atomic mass is 35.5. The molecule has 3 aromatic rings. The van der Waals surface area contributed by atoms with Gasteiger partial charge in [-0.05, 0) is 54.1 Å². The van der Waals surface area contributed by atoms with Crippen LogP contribution in [0.5, 0.6) is 0 Å². The van der Waals surface area contributed by atoms with E-state index >= 15 is 0 Å². The van der Waals surface area contributed by atoms with Gasteiger partial charge in [0.25, 0.3) is 0 Å². The number of nitrogens with one attached hydrogen (secondary N) is 1. The minimum absolute atomic E-state index is 0.121. The third-order valence-corrected chi connectivity index (χ3v) is 5.07. The second-order valence-corrected chi connectivity index (χ2v) is 7.21. The molecule has 0 radical (unpaired) electrons. The monoisotopic (exact) mass is 399 g/mol. The van der Waals surface area contributed by atoms with Gasteiger partial charge in [-0.3, -0.25) is 9.59 Å². The summed E-state index contributed by atoms with van der Waals surface area (Å²) in [5.74, 6) is -0.628. The van der Waals surface area contributed by atoms with Gasteiger partial charge in [-0.25, -0.2) is 0 Å². The van der Waals surface area contributed by atoms with Crippen molar-refractivity contribution >= 4 is 46.9 Å². The summed E-state index contributed by atoms with van der Waals surface area (Å²) in [6.07, 6.45) is 2.60. The average Bonchev–Trinajstić information content (AvgIpc) is 3.22. The molecule has 1 aromatic heterocycles. The molecule has 2 aromatic carbocycles. The second-order valence-electron chi connectivity index (χ2n) is 6.34. The summed E-state index contributed by atoms with van der Waals surface area (Å²) in [4.78, 5) is 25.3. The lowest BCUT2D eigenvalue weighted by atomic mass is 9.96. The van der Waals surface area contributed by atoms with E-state index in [4.69, 9.17) is 23.2 Å². The number of fused-ring (bicyclic) bond motifs is 1. The van der Waals surface area contributed by atoms with Gasteiger partial charge >= 0.3 is 0 Å². The van der Waals surface area contributed by atoms with Gasteiger partial charge in [0.05, 0.1) is 0 Å². The maximum absolute atomic E-state index is 12.7. The number of hydrogen-bond donors (Lipinski definition) is 1. The molecule has 7 heteroatoms. The zero-order valence-electron chi connectivity index (χ0n) is 14.3. The Morgan fingerprint density at radius 3 is 2.56 bits per heavy atom. The molecule has 2 heterocycles. The quantitative estimate of drug-likeness (QED) is 0.658. The van der Waals surface area contributed by atoms with Crippen LogP contribution in [-0.2, 0) is 9.59 Å². The normalized spacial score (nSPS) is 15.4. The molecule has 1 atom stereocenters. The van der Waals surface area contributed by atoms with Crippen LogP contribution in [0.3, 0.4) is 0 Å². The minimum atomic E-state index is -0.507. The van der Waals surface area contributed by atoms with Gasteiger partial charge < -0.3 is 14.8 Å². The first-order valence-electron chi connectivity index (χ1n) is 8.24. The van der Waals surface area contributed by atoms with E-state index in [1.165, 1.54) is 4.90 Å². The van der Waals surface area contributed by atoms with Gasteiger partial charge in [-0.15, -0.1) is 0 Å². The molecule has 136 valence electrons. The lowest BCUT2D eigenvalue weighted by Crippen LogP contribution is -2.17. The Labute approximate surface area is 166 Å². The summed E-state index contributed by atoms with van der Waals surface area (Å²) < 4.78 is 1.90. The molecule has 0 fully saturated rings. The van der Waals surface area contributed by atoms with Gasteiger partial charge in [0.15, 0.2) is 0 Å². The van der Waals surface area contributed by atoms with Crippen molar-refractivity contribution in [3.8, 4) is 5.69 Å². The van der Waals surface area contributed by atoms with Crippen molar-refractivity contribution in [3.05, 3.63) is 76.0 Å². The molecule has 4 rings (SSSR count). The molecule has 27 heavy (non-hydrogen) atoms. The van der Waals surface area contributed by atoms with Gasteiger partial charge in [0.1, 0.15) is 5.92 Å². The van der Waals surface area contributed by atoms with E-state index in [2.05, 4.69) is 5.32 Å². The predicted octanol–water partition coefficient (Wildman–Crippen LogP) is 4.46. The summed E-state index contributed by atoms with van der Waals surface area (Å²) in [5, 5.41) is 3.94. The SMILES string of the molecule is CN(C=O)c1ccc2c(c1)C(c1cccn1-c1cc(Cl)cc(Cl)c1)C(=O)N2. The fourth-order valence-corrected chi connectivity index (χ4v) is 3.88. The molecular weight excluding hydrogens is 385 g/mol. The Kier molecular flexibility index (Phi) is 4.42. The maximum Gasteiger partial charge on any atom is 0.238 e. The highest BCUT2D eigenvalue weighted by Gasteiger charge is 2.34. The second kappa shape index (κ2) is 6.76. The van der Waals surface area contributed by atoms with Crippen molar-refractivity contribution in [2.75, 3.05) is 17.3 Å². The zero-order chi connectivity index (χ0) is 19.1. The fraction of sp³-hybridized carbons (Fsp3) is 0.100. The van der Waals surface area contributed by atoms with Gasteiger partial charge in [-0.2, -0.15) is 0 Å². The number of anilines is 2. The average molecular weight is 400 g/mol. The van der Waals surface area contributed by atoms with Crippen LogP contribution in [0.2, 0.25) is 10.0 Å². The van der Waals surface area contributed by atoms with E-state index in [1.807, 2.05) is 35.0 Å². The summed E-state index contributed by atoms with van der Waals surface area (Å²) >= 11 is 12.3. The van der Waals surface area contributed by atoms with E-state index in [-0.39, 0.29) is 5.91 Å². The van der Waals surface area contributed by atoms with E-state index < -0.39 is 5.92 Å². The molecule has 5 nitrogen and oxygen atoms in total. The van der Waals surface area contributed by atoms with Crippen LogP contribution in [0.25, 0.3) is 5.69 Å². The Bertz CT molecular complexity index is 1040. The highest BCUT2D eigenvalue weighted by Crippen LogP contribution is 2.40. The standard InChI is InChI=1S/C20H15Cl2N3O2/c1-24(11-26)14-4-5-17-16(10-14)19(20(27)23-17)18-3-2-6-25(18)15-8-12(21)7-13(22)9-15/h2-11,19H,1H3,(H,23,27). The number of hydrogen-bond acceptors (Lipinski definition) is 2. The van der Waals surface area contributed by atoms with Crippen molar-refractivity contribution in [1.29, 1.82) is 0 Å². The molecule has 1 unspecified atom stereocenters. The van der Waals surface area contributed by atoms with Gasteiger partial charge in [0, 0.05) is 46.0 Å². The summed E-state index contributed by atoms with van der Waals surface area (Å²) in [6, 6.07) is 14.5. The number of nitrogens with zero attached hydrogens (tertiary/aromatic N) is 2. The van der Waals surface area contributed by atoms with Crippen molar-refractivity contribution in [2.24, 2.45) is 0 Å². The predicted molar refractivity (Wildman–Crippen MR) is 107 cm³/mol. The number of aromatic nitrogens is 1. The molecule has 1 aliphatic heterocycles. The molecule has 0 bridgehead atoms.